The van der Waals surface area contributed by atoms with Crippen LogP contribution in [0.2, 0.25) is 19.6 Å². The zero-order valence-electron chi connectivity index (χ0n) is 10.6. The first-order chi connectivity index (χ1) is 6.97. The van der Waals surface area contributed by atoms with Crippen molar-refractivity contribution in [2.45, 2.75) is 45.8 Å². The molecule has 1 fully saturated rings. The van der Waals surface area contributed by atoms with Crippen LogP contribution in [0.25, 0.3) is 0 Å². The Morgan fingerprint density at radius 3 is 2.53 bits per heavy atom. The standard InChI is InChI=1S/C13H24OSi/c1-12(6-5-9-15(2,3)4)10-14-11-13-7-8-13/h12-13H,6-8,10-11H2,1-4H3. The van der Waals surface area contributed by atoms with E-state index in [1.807, 2.05) is 0 Å². The molecule has 0 aliphatic heterocycles. The van der Waals surface area contributed by atoms with Crippen molar-refractivity contribution in [2.75, 3.05) is 13.2 Å². The molecule has 1 aliphatic carbocycles. The van der Waals surface area contributed by atoms with Crippen LogP contribution in [0.1, 0.15) is 26.2 Å². The quantitative estimate of drug-likeness (QED) is 0.514. The van der Waals surface area contributed by atoms with Crippen LogP contribution in [-0.2, 0) is 4.74 Å². The molecule has 0 bridgehead atoms. The molecule has 0 N–H and O–H groups in total. The fourth-order valence-electron chi connectivity index (χ4n) is 1.27. The maximum atomic E-state index is 5.65. The predicted molar refractivity (Wildman–Crippen MR) is 68.4 cm³/mol. The number of hydrogen-bond donors (Lipinski definition) is 0. The van der Waals surface area contributed by atoms with Crippen molar-refractivity contribution in [2.24, 2.45) is 11.8 Å². The van der Waals surface area contributed by atoms with Gasteiger partial charge in [-0.25, -0.2) is 0 Å². The lowest BCUT2D eigenvalue weighted by Crippen LogP contribution is -2.16. The fourth-order valence-corrected chi connectivity index (χ4v) is 1.90. The first-order valence-electron chi connectivity index (χ1n) is 6.05. The first-order valence-corrected chi connectivity index (χ1v) is 9.55. The highest BCUT2D eigenvalue weighted by atomic mass is 28.3. The van der Waals surface area contributed by atoms with Gasteiger partial charge in [0.05, 0.1) is 6.61 Å². The Morgan fingerprint density at radius 2 is 2.00 bits per heavy atom. The van der Waals surface area contributed by atoms with E-state index >= 15 is 0 Å². The summed E-state index contributed by atoms with van der Waals surface area (Å²) >= 11 is 0. The molecule has 1 saturated carbocycles. The third-order valence-electron chi connectivity index (χ3n) is 2.37. The van der Waals surface area contributed by atoms with E-state index < -0.39 is 8.07 Å². The highest BCUT2D eigenvalue weighted by Crippen LogP contribution is 2.28. The largest absolute Gasteiger partial charge is 0.381 e. The monoisotopic (exact) mass is 224 g/mol. The molecular weight excluding hydrogens is 200 g/mol. The molecule has 2 heteroatoms. The van der Waals surface area contributed by atoms with Crippen LogP contribution >= 0.6 is 0 Å². The summed E-state index contributed by atoms with van der Waals surface area (Å²) in [6.07, 6.45) is 3.75. The molecule has 0 saturated heterocycles. The predicted octanol–water partition coefficient (Wildman–Crippen LogP) is 3.32. The van der Waals surface area contributed by atoms with Crippen LogP contribution in [0.5, 0.6) is 0 Å². The van der Waals surface area contributed by atoms with Crippen molar-refractivity contribution >= 4 is 8.07 Å². The van der Waals surface area contributed by atoms with Crippen molar-refractivity contribution in [3.05, 3.63) is 0 Å². The Morgan fingerprint density at radius 1 is 1.33 bits per heavy atom. The lowest BCUT2D eigenvalue weighted by molar-refractivity contribution is 0.0976. The van der Waals surface area contributed by atoms with E-state index in [0.717, 1.165) is 25.6 Å². The summed E-state index contributed by atoms with van der Waals surface area (Å²) in [6.45, 7) is 10.9. The number of hydrogen-bond acceptors (Lipinski definition) is 1. The molecule has 0 aromatic carbocycles. The van der Waals surface area contributed by atoms with Gasteiger partial charge in [0.15, 0.2) is 0 Å². The van der Waals surface area contributed by atoms with Gasteiger partial charge in [0, 0.05) is 13.0 Å². The second-order valence-corrected chi connectivity index (χ2v) is 10.6. The van der Waals surface area contributed by atoms with Crippen LogP contribution in [0.4, 0.5) is 0 Å². The van der Waals surface area contributed by atoms with Crippen molar-refractivity contribution in [1.82, 2.24) is 0 Å². The van der Waals surface area contributed by atoms with Gasteiger partial charge in [0.25, 0.3) is 0 Å². The Bertz CT molecular complexity index is 239. The molecular formula is C13H24OSi. The van der Waals surface area contributed by atoms with Gasteiger partial charge in [0.1, 0.15) is 8.07 Å². The Kier molecular flexibility index (Phi) is 4.88. The van der Waals surface area contributed by atoms with Gasteiger partial charge < -0.3 is 4.74 Å². The van der Waals surface area contributed by atoms with E-state index in [1.165, 1.54) is 12.8 Å². The average molecular weight is 224 g/mol. The third-order valence-corrected chi connectivity index (χ3v) is 3.29. The highest BCUT2D eigenvalue weighted by Gasteiger charge is 2.21. The topological polar surface area (TPSA) is 9.23 Å². The van der Waals surface area contributed by atoms with Crippen molar-refractivity contribution in [3.8, 4) is 11.5 Å². The zero-order valence-corrected chi connectivity index (χ0v) is 11.6. The molecule has 15 heavy (non-hydrogen) atoms. The molecule has 0 aromatic heterocycles. The minimum absolute atomic E-state index is 0.590. The van der Waals surface area contributed by atoms with Gasteiger partial charge in [-0.3, -0.25) is 0 Å². The van der Waals surface area contributed by atoms with E-state index in [-0.39, 0.29) is 0 Å². The molecule has 1 nitrogen and oxygen atoms in total. The minimum Gasteiger partial charge on any atom is -0.381 e. The van der Waals surface area contributed by atoms with E-state index in [9.17, 15) is 0 Å². The van der Waals surface area contributed by atoms with E-state index in [1.54, 1.807) is 0 Å². The lowest BCUT2D eigenvalue weighted by Gasteiger charge is -2.09. The molecule has 1 aliphatic rings. The normalized spacial score (nSPS) is 18.1. The maximum Gasteiger partial charge on any atom is 0.129 e. The molecule has 0 amide bonds. The smallest absolute Gasteiger partial charge is 0.129 e. The molecule has 1 unspecified atom stereocenters. The molecule has 0 spiro atoms. The second kappa shape index (κ2) is 5.72. The summed E-state index contributed by atoms with van der Waals surface area (Å²) in [6, 6.07) is 0. The summed E-state index contributed by atoms with van der Waals surface area (Å²) in [5, 5.41) is 0. The third kappa shape index (κ3) is 7.64. The molecule has 1 atom stereocenters. The Balaban J connectivity index is 2.05. The van der Waals surface area contributed by atoms with Gasteiger partial charge >= 0.3 is 0 Å². The van der Waals surface area contributed by atoms with Crippen LogP contribution in [0, 0.1) is 23.3 Å². The summed E-state index contributed by atoms with van der Waals surface area (Å²) in [7, 11) is -1.17. The lowest BCUT2D eigenvalue weighted by atomic mass is 10.1. The van der Waals surface area contributed by atoms with Crippen molar-refractivity contribution in [3.63, 3.8) is 0 Å². The molecule has 1 rings (SSSR count). The summed E-state index contributed by atoms with van der Waals surface area (Å²) in [5.41, 5.74) is 3.40. The molecule has 86 valence electrons. The van der Waals surface area contributed by atoms with E-state index in [2.05, 4.69) is 38.0 Å². The van der Waals surface area contributed by atoms with E-state index in [4.69, 9.17) is 4.74 Å². The van der Waals surface area contributed by atoms with E-state index in [0.29, 0.717) is 5.92 Å². The summed E-state index contributed by atoms with van der Waals surface area (Å²) < 4.78 is 5.65. The summed E-state index contributed by atoms with van der Waals surface area (Å²) in [4.78, 5) is 0. The van der Waals surface area contributed by atoms with Gasteiger partial charge in [-0.1, -0.05) is 26.6 Å². The fraction of sp³-hybridized carbons (Fsp3) is 0.846. The number of ether oxygens (including phenoxy) is 1. The van der Waals surface area contributed by atoms with Crippen LogP contribution in [0.15, 0.2) is 0 Å². The Hall–Kier alpha value is -0.263. The van der Waals surface area contributed by atoms with Crippen molar-refractivity contribution < 1.29 is 4.74 Å². The molecule has 0 heterocycles. The van der Waals surface area contributed by atoms with Crippen molar-refractivity contribution in [1.29, 1.82) is 0 Å². The first kappa shape index (κ1) is 12.8. The Labute approximate surface area is 95.6 Å². The second-order valence-electron chi connectivity index (χ2n) is 5.84. The zero-order chi connectivity index (χ0) is 11.3. The van der Waals surface area contributed by atoms with Crippen LogP contribution in [0.3, 0.4) is 0 Å². The highest BCUT2D eigenvalue weighted by molar-refractivity contribution is 6.83. The average Bonchev–Trinajstić information content (AvgIpc) is 2.85. The van der Waals surface area contributed by atoms with Gasteiger partial charge in [-0.2, -0.15) is 0 Å². The van der Waals surface area contributed by atoms with Gasteiger partial charge in [-0.15, -0.1) is 11.5 Å². The number of rotatable bonds is 5. The minimum atomic E-state index is -1.17. The maximum absolute atomic E-state index is 5.65. The van der Waals surface area contributed by atoms with Crippen LogP contribution in [-0.4, -0.2) is 21.3 Å². The molecule has 0 aromatic rings. The van der Waals surface area contributed by atoms with Crippen LogP contribution < -0.4 is 0 Å². The molecule has 0 radical (unpaired) electrons. The van der Waals surface area contributed by atoms with Gasteiger partial charge in [-0.05, 0) is 24.7 Å². The van der Waals surface area contributed by atoms with Gasteiger partial charge in [0.2, 0.25) is 0 Å². The SMILES string of the molecule is CC(CC#C[Si](C)(C)C)COCC1CC1. The summed E-state index contributed by atoms with van der Waals surface area (Å²) in [5.74, 6) is 4.78.